The van der Waals surface area contributed by atoms with E-state index in [0.717, 1.165) is 0 Å². The van der Waals surface area contributed by atoms with Crippen LogP contribution in [0.1, 0.15) is 23.2 Å². The highest BCUT2D eigenvalue weighted by atomic mass is 32.2. The SMILES string of the molecule is CN(C)C(=O)C1CCN(C(=O)CNC(=O)c2ccc(S(=O)(=O)Nc3ccccc3Oc3ccccc3)cc2)CC1. The van der Waals surface area contributed by atoms with Gasteiger partial charge in [0.2, 0.25) is 11.8 Å². The van der Waals surface area contributed by atoms with Gasteiger partial charge in [0.15, 0.2) is 5.75 Å². The molecule has 1 aliphatic heterocycles. The van der Waals surface area contributed by atoms with Crippen molar-refractivity contribution in [3.63, 3.8) is 0 Å². The number of carbonyl (C=O) groups excluding carboxylic acids is 3. The molecule has 0 atom stereocenters. The van der Waals surface area contributed by atoms with E-state index in [1.165, 1.54) is 24.3 Å². The number of nitrogens with zero attached hydrogens (tertiary/aromatic N) is 2. The fourth-order valence-corrected chi connectivity index (χ4v) is 5.43. The average molecular weight is 565 g/mol. The molecule has 3 aromatic rings. The van der Waals surface area contributed by atoms with E-state index in [2.05, 4.69) is 10.0 Å². The highest BCUT2D eigenvalue weighted by Gasteiger charge is 2.28. The van der Waals surface area contributed by atoms with Crippen LogP contribution in [0.2, 0.25) is 0 Å². The molecule has 3 aromatic carbocycles. The molecule has 4 rings (SSSR count). The molecule has 0 aromatic heterocycles. The third-order valence-electron chi connectivity index (χ3n) is 6.57. The van der Waals surface area contributed by atoms with Crippen LogP contribution in [0.15, 0.2) is 83.8 Å². The molecule has 0 unspecified atom stereocenters. The van der Waals surface area contributed by atoms with Gasteiger partial charge in [0, 0.05) is 38.7 Å². The van der Waals surface area contributed by atoms with Gasteiger partial charge in [-0.25, -0.2) is 8.42 Å². The van der Waals surface area contributed by atoms with E-state index in [4.69, 9.17) is 4.74 Å². The molecule has 0 aliphatic carbocycles. The molecule has 1 fully saturated rings. The number of nitrogens with one attached hydrogen (secondary N) is 2. The van der Waals surface area contributed by atoms with E-state index in [-0.39, 0.29) is 40.4 Å². The lowest BCUT2D eigenvalue weighted by Gasteiger charge is -2.32. The number of hydrogen-bond donors (Lipinski definition) is 2. The largest absolute Gasteiger partial charge is 0.455 e. The van der Waals surface area contributed by atoms with E-state index in [0.29, 0.717) is 37.4 Å². The van der Waals surface area contributed by atoms with Crippen molar-refractivity contribution in [3.05, 3.63) is 84.4 Å². The second kappa shape index (κ2) is 12.6. The first-order valence-corrected chi connectivity index (χ1v) is 14.3. The lowest BCUT2D eigenvalue weighted by molar-refractivity contribution is -0.138. The fraction of sp³-hybridized carbons (Fsp3) is 0.276. The Bertz CT molecular complexity index is 1450. The van der Waals surface area contributed by atoms with Crippen LogP contribution in [-0.4, -0.2) is 69.7 Å². The van der Waals surface area contributed by atoms with Gasteiger partial charge in [0.1, 0.15) is 5.75 Å². The van der Waals surface area contributed by atoms with E-state index < -0.39 is 15.9 Å². The summed E-state index contributed by atoms with van der Waals surface area (Å²) in [6, 6.07) is 21.1. The summed E-state index contributed by atoms with van der Waals surface area (Å²) in [5.74, 6) is 0.139. The number of anilines is 1. The summed E-state index contributed by atoms with van der Waals surface area (Å²) in [6.07, 6.45) is 1.17. The standard InChI is InChI=1S/C29H32N4O6S/c1-32(2)29(36)22-16-18-33(19-17-22)27(34)20-30-28(35)21-12-14-24(15-13-21)40(37,38)31-25-10-6-7-11-26(25)39-23-8-4-3-5-9-23/h3-15,22,31H,16-20H2,1-2H3,(H,30,35). The Kier molecular flexibility index (Phi) is 9.05. The molecule has 1 aliphatic rings. The van der Waals surface area contributed by atoms with Crippen LogP contribution in [-0.2, 0) is 19.6 Å². The monoisotopic (exact) mass is 564 g/mol. The molecule has 0 bridgehead atoms. The Morgan fingerprint density at radius 1 is 0.900 bits per heavy atom. The minimum atomic E-state index is -3.98. The Labute approximate surface area is 234 Å². The summed E-state index contributed by atoms with van der Waals surface area (Å²) in [7, 11) is -0.542. The summed E-state index contributed by atoms with van der Waals surface area (Å²) in [4.78, 5) is 40.5. The Morgan fingerprint density at radius 3 is 2.17 bits per heavy atom. The van der Waals surface area contributed by atoms with Gasteiger partial charge < -0.3 is 19.9 Å². The molecule has 40 heavy (non-hydrogen) atoms. The van der Waals surface area contributed by atoms with E-state index >= 15 is 0 Å². The van der Waals surface area contributed by atoms with Gasteiger partial charge in [0.25, 0.3) is 15.9 Å². The molecule has 1 saturated heterocycles. The predicted molar refractivity (Wildman–Crippen MR) is 151 cm³/mol. The van der Waals surface area contributed by atoms with Crippen LogP contribution in [0.25, 0.3) is 0 Å². The van der Waals surface area contributed by atoms with Gasteiger partial charge in [-0.3, -0.25) is 19.1 Å². The maximum Gasteiger partial charge on any atom is 0.262 e. The van der Waals surface area contributed by atoms with Gasteiger partial charge in [-0.05, 0) is 61.4 Å². The third kappa shape index (κ3) is 7.17. The summed E-state index contributed by atoms with van der Waals surface area (Å²) < 4.78 is 34.4. The third-order valence-corrected chi connectivity index (χ3v) is 7.95. The van der Waals surface area contributed by atoms with E-state index in [9.17, 15) is 22.8 Å². The number of para-hydroxylation sites is 3. The summed E-state index contributed by atoms with van der Waals surface area (Å²) in [5, 5.41) is 2.59. The van der Waals surface area contributed by atoms with Crippen molar-refractivity contribution in [1.29, 1.82) is 0 Å². The number of hydrogen-bond acceptors (Lipinski definition) is 6. The van der Waals surface area contributed by atoms with Crippen molar-refractivity contribution in [2.45, 2.75) is 17.7 Å². The topological polar surface area (TPSA) is 125 Å². The number of carbonyl (C=O) groups is 3. The van der Waals surface area contributed by atoms with Crippen molar-refractivity contribution in [1.82, 2.24) is 15.1 Å². The van der Waals surface area contributed by atoms with Gasteiger partial charge in [0.05, 0.1) is 17.1 Å². The number of likely N-dealkylation sites (tertiary alicyclic amines) is 1. The van der Waals surface area contributed by atoms with Crippen molar-refractivity contribution in [2.24, 2.45) is 5.92 Å². The molecule has 2 N–H and O–H groups in total. The number of sulfonamides is 1. The minimum absolute atomic E-state index is 0.0372. The zero-order chi connectivity index (χ0) is 28.7. The summed E-state index contributed by atoms with van der Waals surface area (Å²) >= 11 is 0. The van der Waals surface area contributed by atoms with Crippen molar-refractivity contribution in [3.8, 4) is 11.5 Å². The number of amides is 3. The first-order valence-electron chi connectivity index (χ1n) is 12.9. The lowest BCUT2D eigenvalue weighted by atomic mass is 9.95. The molecule has 0 saturated carbocycles. The zero-order valence-electron chi connectivity index (χ0n) is 22.4. The predicted octanol–water partition coefficient (Wildman–Crippen LogP) is 3.34. The highest BCUT2D eigenvalue weighted by Crippen LogP contribution is 2.31. The van der Waals surface area contributed by atoms with Gasteiger partial charge >= 0.3 is 0 Å². The van der Waals surface area contributed by atoms with E-state index in [1.54, 1.807) is 60.3 Å². The van der Waals surface area contributed by atoms with Gasteiger partial charge in [-0.2, -0.15) is 0 Å². The number of benzene rings is 3. The molecule has 3 amide bonds. The first kappa shape index (κ1) is 28.6. The maximum absolute atomic E-state index is 13.0. The van der Waals surface area contributed by atoms with Crippen molar-refractivity contribution < 1.29 is 27.5 Å². The smallest absolute Gasteiger partial charge is 0.262 e. The van der Waals surface area contributed by atoms with Gasteiger partial charge in [-0.1, -0.05) is 30.3 Å². The Morgan fingerprint density at radius 2 is 1.52 bits per heavy atom. The molecular weight excluding hydrogens is 532 g/mol. The minimum Gasteiger partial charge on any atom is -0.455 e. The van der Waals surface area contributed by atoms with Crippen LogP contribution in [0.4, 0.5) is 5.69 Å². The molecular formula is C29H32N4O6S. The zero-order valence-corrected chi connectivity index (χ0v) is 23.2. The Hall–Kier alpha value is -4.38. The summed E-state index contributed by atoms with van der Waals surface area (Å²) in [6.45, 7) is 0.723. The van der Waals surface area contributed by atoms with Crippen LogP contribution in [0, 0.1) is 5.92 Å². The molecule has 10 nitrogen and oxygen atoms in total. The van der Waals surface area contributed by atoms with Crippen molar-refractivity contribution >= 4 is 33.4 Å². The number of piperidine rings is 1. The average Bonchev–Trinajstić information content (AvgIpc) is 2.97. The normalized spacial score (nSPS) is 13.8. The summed E-state index contributed by atoms with van der Waals surface area (Å²) in [5.41, 5.74) is 0.483. The van der Waals surface area contributed by atoms with E-state index in [1.807, 2.05) is 18.2 Å². The fourth-order valence-electron chi connectivity index (χ4n) is 4.36. The van der Waals surface area contributed by atoms with Crippen LogP contribution in [0.3, 0.4) is 0 Å². The maximum atomic E-state index is 13.0. The lowest BCUT2D eigenvalue weighted by Crippen LogP contribution is -2.46. The number of ether oxygens (including phenoxy) is 1. The van der Waals surface area contributed by atoms with Gasteiger partial charge in [-0.15, -0.1) is 0 Å². The second-order valence-corrected chi connectivity index (χ2v) is 11.3. The second-order valence-electron chi connectivity index (χ2n) is 9.61. The highest BCUT2D eigenvalue weighted by molar-refractivity contribution is 7.92. The molecule has 1 heterocycles. The molecule has 11 heteroatoms. The molecule has 0 spiro atoms. The molecule has 0 radical (unpaired) electrons. The van der Waals surface area contributed by atoms with Crippen molar-refractivity contribution in [2.75, 3.05) is 38.5 Å². The molecule has 210 valence electrons. The number of rotatable bonds is 9. The van der Waals surface area contributed by atoms with Crippen LogP contribution >= 0.6 is 0 Å². The first-order chi connectivity index (χ1) is 19.1. The quantitative estimate of drug-likeness (QED) is 0.411. The van der Waals surface area contributed by atoms with Crippen LogP contribution < -0.4 is 14.8 Å². The van der Waals surface area contributed by atoms with Crippen LogP contribution in [0.5, 0.6) is 11.5 Å². The Balaban J connectivity index is 1.32.